The molecule has 0 bridgehead atoms. The molecule has 1 unspecified atom stereocenters. The third-order valence-electron chi connectivity index (χ3n) is 2.98. The average Bonchev–Trinajstić information content (AvgIpc) is 2.24. The van der Waals surface area contributed by atoms with Crippen LogP contribution in [0.3, 0.4) is 0 Å². The van der Waals surface area contributed by atoms with Gasteiger partial charge in [0.15, 0.2) is 0 Å². The summed E-state index contributed by atoms with van der Waals surface area (Å²) in [4.78, 5) is 0. The van der Waals surface area contributed by atoms with Crippen LogP contribution in [0.25, 0.3) is 0 Å². The Morgan fingerprint density at radius 3 is 2.25 bits per heavy atom. The van der Waals surface area contributed by atoms with Crippen LogP contribution < -0.4 is 5.32 Å². The van der Waals surface area contributed by atoms with Crippen molar-refractivity contribution in [3.63, 3.8) is 0 Å². The van der Waals surface area contributed by atoms with E-state index in [2.05, 4.69) is 63.5 Å². The molecule has 0 heterocycles. The molecule has 90 valence electrons. The van der Waals surface area contributed by atoms with Gasteiger partial charge in [0.2, 0.25) is 0 Å². The van der Waals surface area contributed by atoms with Crippen LogP contribution in [0.2, 0.25) is 0 Å². The molecule has 1 atom stereocenters. The van der Waals surface area contributed by atoms with Gasteiger partial charge in [-0.3, -0.25) is 0 Å². The van der Waals surface area contributed by atoms with Crippen LogP contribution in [0, 0.1) is 5.41 Å². The van der Waals surface area contributed by atoms with Gasteiger partial charge in [-0.2, -0.15) is 0 Å². The molecule has 16 heavy (non-hydrogen) atoms. The number of hydrogen-bond acceptors (Lipinski definition) is 1. The molecule has 0 fully saturated rings. The molecule has 1 heteroatoms. The van der Waals surface area contributed by atoms with Crippen LogP contribution in [-0.2, 0) is 6.42 Å². The molecule has 0 aliphatic carbocycles. The van der Waals surface area contributed by atoms with Crippen molar-refractivity contribution < 1.29 is 0 Å². The van der Waals surface area contributed by atoms with E-state index in [1.165, 1.54) is 18.4 Å². The van der Waals surface area contributed by atoms with Crippen molar-refractivity contribution in [2.45, 2.75) is 46.1 Å². The van der Waals surface area contributed by atoms with Crippen molar-refractivity contribution in [2.24, 2.45) is 5.41 Å². The third-order valence-corrected chi connectivity index (χ3v) is 2.98. The zero-order valence-electron chi connectivity index (χ0n) is 11.1. The zero-order valence-corrected chi connectivity index (χ0v) is 11.1. The topological polar surface area (TPSA) is 12.0 Å². The minimum Gasteiger partial charge on any atom is -0.317 e. The first-order valence-corrected chi connectivity index (χ1v) is 6.22. The molecule has 1 nitrogen and oxygen atoms in total. The second kappa shape index (κ2) is 6.05. The van der Waals surface area contributed by atoms with Gasteiger partial charge in [0.25, 0.3) is 0 Å². The monoisotopic (exact) mass is 219 g/mol. The van der Waals surface area contributed by atoms with Gasteiger partial charge in [0.1, 0.15) is 0 Å². The maximum absolute atomic E-state index is 3.42. The summed E-state index contributed by atoms with van der Waals surface area (Å²) < 4.78 is 0. The lowest BCUT2D eigenvalue weighted by Crippen LogP contribution is -2.28. The summed E-state index contributed by atoms with van der Waals surface area (Å²) in [6.07, 6.45) is 3.65. The van der Waals surface area contributed by atoms with E-state index in [0.29, 0.717) is 11.5 Å². The van der Waals surface area contributed by atoms with Gasteiger partial charge in [-0.1, -0.05) is 51.1 Å². The lowest BCUT2D eigenvalue weighted by Gasteiger charge is -2.23. The molecule has 0 amide bonds. The Kier molecular flexibility index (Phi) is 5.01. The molecular formula is C15H25N. The highest BCUT2D eigenvalue weighted by Gasteiger charge is 2.14. The Balaban J connectivity index is 2.44. The fourth-order valence-corrected chi connectivity index (χ4v) is 1.85. The fourth-order valence-electron chi connectivity index (χ4n) is 1.85. The summed E-state index contributed by atoms with van der Waals surface area (Å²) >= 11 is 0. The summed E-state index contributed by atoms with van der Waals surface area (Å²) in [6.45, 7) is 6.92. The predicted molar refractivity (Wildman–Crippen MR) is 71.7 cm³/mol. The van der Waals surface area contributed by atoms with E-state index >= 15 is 0 Å². The zero-order chi connectivity index (χ0) is 12.0. The first-order chi connectivity index (χ1) is 7.51. The largest absolute Gasteiger partial charge is 0.317 e. The van der Waals surface area contributed by atoms with Gasteiger partial charge in [0.05, 0.1) is 0 Å². The van der Waals surface area contributed by atoms with Gasteiger partial charge in [-0.05, 0) is 37.3 Å². The first kappa shape index (κ1) is 13.2. The number of rotatable bonds is 5. The smallest absolute Gasteiger partial charge is 0.0105 e. The van der Waals surface area contributed by atoms with Gasteiger partial charge in [-0.25, -0.2) is 0 Å². The van der Waals surface area contributed by atoms with E-state index < -0.39 is 0 Å². The molecular weight excluding hydrogens is 194 g/mol. The molecule has 1 rings (SSSR count). The van der Waals surface area contributed by atoms with Gasteiger partial charge in [0, 0.05) is 6.04 Å². The number of hydrogen-bond donors (Lipinski definition) is 1. The van der Waals surface area contributed by atoms with Crippen molar-refractivity contribution in [2.75, 3.05) is 7.05 Å². The molecule has 1 aromatic carbocycles. The van der Waals surface area contributed by atoms with E-state index in [4.69, 9.17) is 0 Å². The fraction of sp³-hybridized carbons (Fsp3) is 0.600. The number of likely N-dealkylation sites (N-methyl/N-ethyl adjacent to an activating group) is 1. The Morgan fingerprint density at radius 2 is 1.75 bits per heavy atom. The summed E-state index contributed by atoms with van der Waals surface area (Å²) in [7, 11) is 2.07. The maximum atomic E-state index is 3.42. The summed E-state index contributed by atoms with van der Waals surface area (Å²) in [6, 6.07) is 11.3. The molecule has 1 N–H and O–H groups in total. The predicted octanol–water partition coefficient (Wildman–Crippen LogP) is 3.64. The van der Waals surface area contributed by atoms with Crippen molar-refractivity contribution in [1.82, 2.24) is 5.32 Å². The van der Waals surface area contributed by atoms with Crippen molar-refractivity contribution in [3.05, 3.63) is 35.9 Å². The average molecular weight is 219 g/mol. The van der Waals surface area contributed by atoms with Crippen LogP contribution in [0.4, 0.5) is 0 Å². The summed E-state index contributed by atoms with van der Waals surface area (Å²) in [5.41, 5.74) is 1.86. The van der Waals surface area contributed by atoms with E-state index in [1.54, 1.807) is 0 Å². The summed E-state index contributed by atoms with van der Waals surface area (Å²) in [5.74, 6) is 0. The van der Waals surface area contributed by atoms with Crippen LogP contribution >= 0.6 is 0 Å². The van der Waals surface area contributed by atoms with Gasteiger partial charge < -0.3 is 5.32 Å². The minimum absolute atomic E-state index is 0.436. The third kappa shape index (κ3) is 5.32. The highest BCUT2D eigenvalue weighted by atomic mass is 14.9. The van der Waals surface area contributed by atoms with Crippen molar-refractivity contribution in [1.29, 1.82) is 0 Å². The molecule has 0 aliphatic heterocycles. The molecule has 0 radical (unpaired) electrons. The van der Waals surface area contributed by atoms with E-state index in [-0.39, 0.29) is 0 Å². The highest BCUT2D eigenvalue weighted by Crippen LogP contribution is 2.22. The van der Waals surface area contributed by atoms with Crippen LogP contribution in [0.15, 0.2) is 30.3 Å². The molecule has 0 saturated heterocycles. The lowest BCUT2D eigenvalue weighted by atomic mass is 9.87. The standard InChI is InChI=1S/C15H25N/c1-15(2,3)11-10-14(16-4)12-13-8-6-5-7-9-13/h5-9,14,16H,10-12H2,1-4H3. The van der Waals surface area contributed by atoms with E-state index in [0.717, 1.165) is 6.42 Å². The van der Waals surface area contributed by atoms with Gasteiger partial charge >= 0.3 is 0 Å². The quantitative estimate of drug-likeness (QED) is 0.797. The number of benzene rings is 1. The lowest BCUT2D eigenvalue weighted by molar-refractivity contribution is 0.334. The van der Waals surface area contributed by atoms with Gasteiger partial charge in [-0.15, -0.1) is 0 Å². The second-order valence-corrected chi connectivity index (χ2v) is 5.77. The maximum Gasteiger partial charge on any atom is 0.0105 e. The molecule has 1 aromatic rings. The number of nitrogens with one attached hydrogen (secondary N) is 1. The molecule has 0 saturated carbocycles. The second-order valence-electron chi connectivity index (χ2n) is 5.77. The Labute approximate surface area is 100 Å². The van der Waals surface area contributed by atoms with Crippen LogP contribution in [0.1, 0.15) is 39.2 Å². The molecule has 0 spiro atoms. The Hall–Kier alpha value is -0.820. The normalized spacial score (nSPS) is 13.8. The first-order valence-electron chi connectivity index (χ1n) is 6.22. The minimum atomic E-state index is 0.436. The Bertz CT molecular complexity index is 284. The SMILES string of the molecule is CNC(CCC(C)(C)C)Cc1ccccc1. The molecule has 0 aromatic heterocycles. The Morgan fingerprint density at radius 1 is 1.12 bits per heavy atom. The van der Waals surface area contributed by atoms with Crippen molar-refractivity contribution in [3.8, 4) is 0 Å². The highest BCUT2D eigenvalue weighted by molar-refractivity contribution is 5.15. The summed E-state index contributed by atoms with van der Waals surface area (Å²) in [5, 5.41) is 3.42. The van der Waals surface area contributed by atoms with E-state index in [1.807, 2.05) is 0 Å². The van der Waals surface area contributed by atoms with E-state index in [9.17, 15) is 0 Å². The van der Waals surface area contributed by atoms with Crippen LogP contribution in [-0.4, -0.2) is 13.1 Å². The van der Waals surface area contributed by atoms with Crippen molar-refractivity contribution >= 4 is 0 Å². The van der Waals surface area contributed by atoms with Crippen LogP contribution in [0.5, 0.6) is 0 Å². The molecule has 0 aliphatic rings.